The minimum atomic E-state index is 0.647. The molecule has 0 aliphatic heterocycles. The van der Waals surface area contributed by atoms with Crippen molar-refractivity contribution in [2.24, 2.45) is 0 Å². The Bertz CT molecular complexity index is 2760. The lowest BCUT2D eigenvalue weighted by molar-refractivity contribution is 1.07. The molecule has 3 heterocycles. The molecule has 48 heavy (non-hydrogen) atoms. The van der Waals surface area contributed by atoms with E-state index in [1.807, 2.05) is 72.0 Å². The fourth-order valence-electron chi connectivity index (χ4n) is 6.96. The van der Waals surface area contributed by atoms with Crippen LogP contribution in [0.3, 0.4) is 0 Å². The highest BCUT2D eigenvalue weighted by Crippen LogP contribution is 2.42. The molecule has 0 fully saturated rings. The van der Waals surface area contributed by atoms with Crippen LogP contribution in [0.15, 0.2) is 158 Å². The van der Waals surface area contributed by atoms with Crippen LogP contribution in [0.1, 0.15) is 0 Å². The van der Waals surface area contributed by atoms with Crippen LogP contribution in [0, 0.1) is 0 Å². The first-order valence-corrected chi connectivity index (χ1v) is 16.9. The molecule has 0 bridgehead atoms. The molecule has 0 atom stereocenters. The molecule has 0 spiro atoms. The summed E-state index contributed by atoms with van der Waals surface area (Å²) in [6.07, 6.45) is 0. The van der Waals surface area contributed by atoms with Crippen LogP contribution in [0.25, 0.3) is 92.6 Å². The summed E-state index contributed by atoms with van der Waals surface area (Å²) in [7, 11) is 0. The lowest BCUT2D eigenvalue weighted by Gasteiger charge is -2.12. The maximum absolute atomic E-state index is 4.96. The van der Waals surface area contributed by atoms with Crippen LogP contribution in [-0.4, -0.2) is 19.5 Å². The fourth-order valence-corrected chi connectivity index (χ4v) is 8.08. The maximum atomic E-state index is 4.96. The molecular formula is C43H26N4S. The van der Waals surface area contributed by atoms with E-state index in [0.717, 1.165) is 22.4 Å². The van der Waals surface area contributed by atoms with Gasteiger partial charge in [0.05, 0.1) is 11.0 Å². The Morgan fingerprint density at radius 1 is 0.396 bits per heavy atom. The van der Waals surface area contributed by atoms with Crippen LogP contribution in [-0.2, 0) is 0 Å². The largest absolute Gasteiger partial charge is 0.309 e. The van der Waals surface area contributed by atoms with Gasteiger partial charge in [0.15, 0.2) is 17.5 Å². The Balaban J connectivity index is 1.19. The Morgan fingerprint density at radius 3 is 1.67 bits per heavy atom. The smallest absolute Gasteiger partial charge is 0.164 e. The maximum Gasteiger partial charge on any atom is 0.164 e. The van der Waals surface area contributed by atoms with Crippen molar-refractivity contribution in [3.63, 3.8) is 0 Å². The summed E-state index contributed by atoms with van der Waals surface area (Å²) in [4.78, 5) is 14.8. The van der Waals surface area contributed by atoms with E-state index in [2.05, 4.69) is 102 Å². The molecule has 5 heteroatoms. The summed E-state index contributed by atoms with van der Waals surface area (Å²) in [5.41, 5.74) is 6.37. The number of hydrogen-bond acceptors (Lipinski definition) is 4. The molecule has 3 aromatic heterocycles. The van der Waals surface area contributed by atoms with Crippen molar-refractivity contribution in [3.8, 4) is 39.9 Å². The number of hydrogen-bond donors (Lipinski definition) is 0. The van der Waals surface area contributed by atoms with E-state index in [4.69, 9.17) is 15.0 Å². The van der Waals surface area contributed by atoms with Gasteiger partial charge in [-0.15, -0.1) is 11.3 Å². The van der Waals surface area contributed by atoms with E-state index in [-0.39, 0.29) is 0 Å². The summed E-state index contributed by atoms with van der Waals surface area (Å²) in [6.45, 7) is 0. The van der Waals surface area contributed by atoms with Crippen molar-refractivity contribution in [1.29, 1.82) is 0 Å². The van der Waals surface area contributed by atoms with Crippen molar-refractivity contribution in [1.82, 2.24) is 19.5 Å². The standard InChI is InChI=1S/C43H26N4S/c1-3-12-28(13-4-1)41-44-42(29-14-5-2-6-15-29)46-43(45-41)30-19-22-31(23-20-30)47-37-26-39-36(33-17-9-10-18-38(33)48-39)25-35(37)34-24-21-27-11-7-8-16-32(27)40(34)47/h1-26H. The molecule has 0 aliphatic carbocycles. The molecule has 4 nitrogen and oxygen atoms in total. The van der Waals surface area contributed by atoms with Gasteiger partial charge in [0, 0.05) is 58.7 Å². The molecule has 0 aliphatic rings. The number of rotatable bonds is 4. The Morgan fingerprint density at radius 2 is 0.979 bits per heavy atom. The first kappa shape index (κ1) is 27.0. The number of aromatic nitrogens is 4. The summed E-state index contributed by atoms with van der Waals surface area (Å²) in [5, 5.41) is 7.60. The van der Waals surface area contributed by atoms with E-state index in [1.165, 1.54) is 52.8 Å². The van der Waals surface area contributed by atoms with Gasteiger partial charge in [0.25, 0.3) is 0 Å². The van der Waals surface area contributed by atoms with Gasteiger partial charge in [0.2, 0.25) is 0 Å². The van der Waals surface area contributed by atoms with E-state index in [0.29, 0.717) is 17.5 Å². The SMILES string of the molecule is c1ccc(-c2nc(-c3ccccc3)nc(-c3ccc(-n4c5cc6sc7ccccc7c6cc5c5ccc6ccccc6c54)cc3)n2)cc1. The number of nitrogens with zero attached hydrogens (tertiary/aromatic N) is 4. The van der Waals surface area contributed by atoms with Crippen molar-refractivity contribution in [2.45, 2.75) is 0 Å². The van der Waals surface area contributed by atoms with E-state index in [9.17, 15) is 0 Å². The van der Waals surface area contributed by atoms with Gasteiger partial charge < -0.3 is 4.57 Å². The highest BCUT2D eigenvalue weighted by atomic mass is 32.1. The monoisotopic (exact) mass is 630 g/mol. The highest BCUT2D eigenvalue weighted by Gasteiger charge is 2.18. The molecule has 7 aromatic carbocycles. The second-order valence-corrected chi connectivity index (χ2v) is 13.2. The zero-order valence-electron chi connectivity index (χ0n) is 25.7. The van der Waals surface area contributed by atoms with Crippen LogP contribution < -0.4 is 0 Å². The Labute approximate surface area is 280 Å². The van der Waals surface area contributed by atoms with Crippen molar-refractivity contribution >= 4 is 64.1 Å². The zero-order chi connectivity index (χ0) is 31.6. The van der Waals surface area contributed by atoms with Crippen molar-refractivity contribution < 1.29 is 0 Å². The Kier molecular flexibility index (Phi) is 6.01. The Hall–Kier alpha value is -6.17. The van der Waals surface area contributed by atoms with Gasteiger partial charge in [-0.1, -0.05) is 115 Å². The topological polar surface area (TPSA) is 43.6 Å². The average Bonchev–Trinajstić information content (AvgIpc) is 3.69. The van der Waals surface area contributed by atoms with Crippen molar-refractivity contribution in [2.75, 3.05) is 0 Å². The molecule has 0 N–H and O–H groups in total. The third kappa shape index (κ3) is 4.25. The van der Waals surface area contributed by atoms with E-state index < -0.39 is 0 Å². The molecule has 224 valence electrons. The normalized spacial score (nSPS) is 11.8. The van der Waals surface area contributed by atoms with Crippen LogP contribution >= 0.6 is 11.3 Å². The second-order valence-electron chi connectivity index (χ2n) is 12.1. The summed E-state index contributed by atoms with van der Waals surface area (Å²) >= 11 is 1.86. The molecule has 10 rings (SSSR count). The lowest BCUT2D eigenvalue weighted by Crippen LogP contribution is -2.00. The van der Waals surface area contributed by atoms with Gasteiger partial charge in [0.1, 0.15) is 0 Å². The summed E-state index contributed by atoms with van der Waals surface area (Å²) in [5.74, 6) is 1.96. The molecule has 0 unspecified atom stereocenters. The number of thiophene rings is 1. The summed E-state index contributed by atoms with van der Waals surface area (Å²) in [6, 6.07) is 55.6. The van der Waals surface area contributed by atoms with Crippen molar-refractivity contribution in [3.05, 3.63) is 158 Å². The highest BCUT2D eigenvalue weighted by molar-refractivity contribution is 7.25. The average molecular weight is 631 g/mol. The van der Waals surface area contributed by atoms with E-state index >= 15 is 0 Å². The van der Waals surface area contributed by atoms with Gasteiger partial charge in [-0.25, -0.2) is 15.0 Å². The minimum Gasteiger partial charge on any atom is -0.309 e. The first-order chi connectivity index (χ1) is 23.8. The van der Waals surface area contributed by atoms with Crippen LogP contribution in [0.2, 0.25) is 0 Å². The first-order valence-electron chi connectivity index (χ1n) is 16.0. The molecule has 0 saturated carbocycles. The quantitative estimate of drug-likeness (QED) is 0.194. The van der Waals surface area contributed by atoms with E-state index in [1.54, 1.807) is 0 Å². The molecule has 0 radical (unpaired) electrons. The predicted molar refractivity (Wildman–Crippen MR) is 201 cm³/mol. The molecule has 10 aromatic rings. The van der Waals surface area contributed by atoms with Gasteiger partial charge in [-0.05, 0) is 47.9 Å². The predicted octanol–water partition coefficient (Wildman–Crippen LogP) is 11.5. The van der Waals surface area contributed by atoms with Gasteiger partial charge >= 0.3 is 0 Å². The van der Waals surface area contributed by atoms with Gasteiger partial charge in [-0.3, -0.25) is 0 Å². The molecule has 0 saturated heterocycles. The summed E-state index contributed by atoms with van der Waals surface area (Å²) < 4.78 is 5.03. The van der Waals surface area contributed by atoms with Gasteiger partial charge in [-0.2, -0.15) is 0 Å². The second kappa shape index (κ2) is 10.7. The zero-order valence-corrected chi connectivity index (χ0v) is 26.5. The fraction of sp³-hybridized carbons (Fsp3) is 0. The third-order valence-electron chi connectivity index (χ3n) is 9.23. The number of fused-ring (bicyclic) bond motifs is 8. The number of benzene rings is 7. The molecular weight excluding hydrogens is 605 g/mol. The van der Waals surface area contributed by atoms with Crippen LogP contribution in [0.4, 0.5) is 0 Å². The van der Waals surface area contributed by atoms with Crippen LogP contribution in [0.5, 0.6) is 0 Å². The third-order valence-corrected chi connectivity index (χ3v) is 10.4. The lowest BCUT2D eigenvalue weighted by atomic mass is 10.0. The minimum absolute atomic E-state index is 0.647. The molecule has 0 amide bonds.